The molecule has 29 heavy (non-hydrogen) atoms. The minimum Gasteiger partial charge on any atom is -0.348 e. The molecule has 0 atom stereocenters. The molecule has 2 aromatic rings. The number of rotatable bonds is 7. The molecule has 0 saturated carbocycles. The van der Waals surface area contributed by atoms with Gasteiger partial charge in [-0.1, -0.05) is 38.1 Å². The van der Waals surface area contributed by atoms with E-state index in [0.29, 0.717) is 30.8 Å². The zero-order valence-electron chi connectivity index (χ0n) is 17.5. The van der Waals surface area contributed by atoms with Crippen LogP contribution < -0.4 is 5.32 Å². The van der Waals surface area contributed by atoms with Crippen molar-refractivity contribution in [3.63, 3.8) is 0 Å². The SMILES string of the molecule is CCc1ccc(CC)c(CNC(=O)c2ccc(C)c(S(=O)(=O)N3CCCC3)c2)c1. The Morgan fingerprint density at radius 3 is 2.38 bits per heavy atom. The topological polar surface area (TPSA) is 66.5 Å². The van der Waals surface area contributed by atoms with Crippen molar-refractivity contribution in [2.24, 2.45) is 0 Å². The lowest BCUT2D eigenvalue weighted by Gasteiger charge is -2.18. The van der Waals surface area contributed by atoms with Crippen LogP contribution in [0.15, 0.2) is 41.3 Å². The molecule has 0 aliphatic carbocycles. The van der Waals surface area contributed by atoms with E-state index in [-0.39, 0.29) is 10.8 Å². The van der Waals surface area contributed by atoms with E-state index < -0.39 is 10.0 Å². The van der Waals surface area contributed by atoms with Crippen LogP contribution in [0, 0.1) is 6.92 Å². The lowest BCUT2D eigenvalue weighted by molar-refractivity contribution is 0.0950. The molecule has 5 nitrogen and oxygen atoms in total. The summed E-state index contributed by atoms with van der Waals surface area (Å²) in [7, 11) is -3.56. The first kappa shape index (κ1) is 21.5. The minimum absolute atomic E-state index is 0.231. The monoisotopic (exact) mass is 414 g/mol. The van der Waals surface area contributed by atoms with Gasteiger partial charge >= 0.3 is 0 Å². The molecule has 0 radical (unpaired) electrons. The molecule has 1 fully saturated rings. The fourth-order valence-corrected chi connectivity index (χ4v) is 5.54. The molecule has 6 heteroatoms. The second kappa shape index (κ2) is 9.09. The van der Waals surface area contributed by atoms with Gasteiger partial charge in [0.05, 0.1) is 4.90 Å². The first-order valence-electron chi connectivity index (χ1n) is 10.4. The molecule has 0 aromatic heterocycles. The number of hydrogen-bond donors (Lipinski definition) is 1. The lowest BCUT2D eigenvalue weighted by atomic mass is 10.0. The molecule has 156 valence electrons. The van der Waals surface area contributed by atoms with Crippen LogP contribution in [0.4, 0.5) is 0 Å². The molecule has 1 saturated heterocycles. The van der Waals surface area contributed by atoms with E-state index in [1.165, 1.54) is 21.5 Å². The summed E-state index contributed by atoms with van der Waals surface area (Å²) in [6.45, 7) is 7.50. The fraction of sp³-hybridized carbons (Fsp3) is 0.435. The number of benzene rings is 2. The Labute approximate surface area is 174 Å². The third-order valence-electron chi connectivity index (χ3n) is 5.63. The minimum atomic E-state index is -3.56. The van der Waals surface area contributed by atoms with Gasteiger partial charge in [-0.25, -0.2) is 8.42 Å². The molecular formula is C23H30N2O3S. The zero-order chi connectivity index (χ0) is 21.0. The average Bonchev–Trinajstić information content (AvgIpc) is 3.27. The van der Waals surface area contributed by atoms with Crippen molar-refractivity contribution >= 4 is 15.9 Å². The third kappa shape index (κ3) is 4.70. The number of aryl methyl sites for hydroxylation is 3. The Balaban J connectivity index is 1.80. The number of carbonyl (C=O) groups excluding carboxylic acids is 1. The molecular weight excluding hydrogens is 384 g/mol. The molecule has 1 heterocycles. The number of nitrogens with one attached hydrogen (secondary N) is 1. The maximum absolute atomic E-state index is 13.0. The number of sulfonamides is 1. The summed E-state index contributed by atoms with van der Waals surface area (Å²) >= 11 is 0. The highest BCUT2D eigenvalue weighted by atomic mass is 32.2. The van der Waals surface area contributed by atoms with Crippen LogP contribution in [0.5, 0.6) is 0 Å². The maximum Gasteiger partial charge on any atom is 0.251 e. The quantitative estimate of drug-likeness (QED) is 0.749. The van der Waals surface area contributed by atoms with Crippen LogP contribution in [0.1, 0.15) is 59.3 Å². The summed E-state index contributed by atoms with van der Waals surface area (Å²) in [6.07, 6.45) is 3.61. The van der Waals surface area contributed by atoms with Crippen LogP contribution in [-0.4, -0.2) is 31.7 Å². The van der Waals surface area contributed by atoms with E-state index >= 15 is 0 Å². The van der Waals surface area contributed by atoms with Crippen molar-refractivity contribution < 1.29 is 13.2 Å². The van der Waals surface area contributed by atoms with Crippen molar-refractivity contribution in [2.75, 3.05) is 13.1 Å². The second-order valence-electron chi connectivity index (χ2n) is 7.58. The molecule has 0 bridgehead atoms. The van der Waals surface area contributed by atoms with Crippen molar-refractivity contribution in [1.82, 2.24) is 9.62 Å². The van der Waals surface area contributed by atoms with Gasteiger partial charge in [0, 0.05) is 25.2 Å². The summed E-state index contributed by atoms with van der Waals surface area (Å²) in [6, 6.07) is 11.3. The maximum atomic E-state index is 13.0. The molecule has 0 spiro atoms. The second-order valence-corrected chi connectivity index (χ2v) is 9.49. The van der Waals surface area contributed by atoms with Gasteiger partial charge in [0.2, 0.25) is 10.0 Å². The van der Waals surface area contributed by atoms with Crippen LogP contribution in [0.2, 0.25) is 0 Å². The fourth-order valence-electron chi connectivity index (χ4n) is 3.77. The average molecular weight is 415 g/mol. The Morgan fingerprint density at radius 1 is 1.00 bits per heavy atom. The van der Waals surface area contributed by atoms with Crippen molar-refractivity contribution in [2.45, 2.75) is 57.9 Å². The molecule has 3 rings (SSSR count). The number of carbonyl (C=O) groups is 1. The van der Waals surface area contributed by atoms with Crippen molar-refractivity contribution in [1.29, 1.82) is 0 Å². The van der Waals surface area contributed by atoms with Crippen LogP contribution >= 0.6 is 0 Å². The van der Waals surface area contributed by atoms with Crippen LogP contribution in [0.25, 0.3) is 0 Å². The molecule has 0 unspecified atom stereocenters. The van der Waals surface area contributed by atoms with Crippen molar-refractivity contribution in [3.8, 4) is 0 Å². The highest BCUT2D eigenvalue weighted by molar-refractivity contribution is 7.89. The summed E-state index contributed by atoms with van der Waals surface area (Å²) < 4.78 is 27.4. The van der Waals surface area contributed by atoms with E-state index in [4.69, 9.17) is 0 Å². The van der Waals surface area contributed by atoms with E-state index in [0.717, 1.165) is 31.2 Å². The summed E-state index contributed by atoms with van der Waals surface area (Å²) in [5, 5.41) is 2.96. The van der Waals surface area contributed by atoms with Gasteiger partial charge < -0.3 is 5.32 Å². The molecule has 1 aliphatic rings. The van der Waals surface area contributed by atoms with Crippen molar-refractivity contribution in [3.05, 3.63) is 64.2 Å². The summed E-state index contributed by atoms with van der Waals surface area (Å²) in [5.74, 6) is -0.258. The number of nitrogens with zero attached hydrogens (tertiary/aromatic N) is 1. The van der Waals surface area contributed by atoms with Gasteiger partial charge in [-0.15, -0.1) is 0 Å². The van der Waals surface area contributed by atoms with Gasteiger partial charge in [0.25, 0.3) is 5.91 Å². The highest BCUT2D eigenvalue weighted by Crippen LogP contribution is 2.24. The van der Waals surface area contributed by atoms with Crippen LogP contribution in [0.3, 0.4) is 0 Å². The molecule has 1 aliphatic heterocycles. The van der Waals surface area contributed by atoms with E-state index in [1.807, 2.05) is 0 Å². The third-order valence-corrected chi connectivity index (χ3v) is 7.67. The summed E-state index contributed by atoms with van der Waals surface area (Å²) in [5.41, 5.74) is 4.59. The predicted molar refractivity (Wildman–Crippen MR) is 116 cm³/mol. The zero-order valence-corrected chi connectivity index (χ0v) is 18.3. The number of hydrogen-bond acceptors (Lipinski definition) is 3. The van der Waals surface area contributed by atoms with Gasteiger partial charge in [-0.2, -0.15) is 4.31 Å². The van der Waals surface area contributed by atoms with Gasteiger partial charge in [-0.05, 0) is 67.0 Å². The Bertz CT molecular complexity index is 993. The summed E-state index contributed by atoms with van der Waals surface area (Å²) in [4.78, 5) is 13.0. The molecule has 2 aromatic carbocycles. The van der Waals surface area contributed by atoms with E-state index in [2.05, 4.69) is 37.4 Å². The van der Waals surface area contributed by atoms with E-state index in [9.17, 15) is 13.2 Å². The molecule has 1 N–H and O–H groups in total. The normalized spacial score (nSPS) is 14.9. The predicted octanol–water partition coefficient (Wildman–Crippen LogP) is 3.83. The Kier molecular flexibility index (Phi) is 6.75. The van der Waals surface area contributed by atoms with Crippen LogP contribution in [-0.2, 0) is 29.4 Å². The standard InChI is InChI=1S/C23H30N2O3S/c1-4-18-9-11-19(5-2)21(14-18)16-24-23(26)20-10-8-17(3)22(15-20)29(27,28)25-12-6-7-13-25/h8-11,14-15H,4-7,12-13,16H2,1-3H3,(H,24,26). The highest BCUT2D eigenvalue weighted by Gasteiger charge is 2.29. The van der Waals surface area contributed by atoms with E-state index in [1.54, 1.807) is 19.1 Å². The van der Waals surface area contributed by atoms with Gasteiger partial charge in [-0.3, -0.25) is 4.79 Å². The number of amides is 1. The Hall–Kier alpha value is -2.18. The Morgan fingerprint density at radius 2 is 1.72 bits per heavy atom. The first-order chi connectivity index (χ1) is 13.9. The smallest absolute Gasteiger partial charge is 0.251 e. The molecule has 1 amide bonds. The van der Waals surface area contributed by atoms with Gasteiger partial charge in [0.1, 0.15) is 0 Å². The largest absolute Gasteiger partial charge is 0.348 e. The lowest BCUT2D eigenvalue weighted by Crippen LogP contribution is -2.29. The first-order valence-corrected chi connectivity index (χ1v) is 11.8. The van der Waals surface area contributed by atoms with Gasteiger partial charge in [0.15, 0.2) is 0 Å².